The molecule has 2 heteroatoms. The van der Waals surface area contributed by atoms with Gasteiger partial charge in [-0.25, -0.2) is 0 Å². The van der Waals surface area contributed by atoms with Crippen molar-refractivity contribution in [3.8, 4) is 0 Å². The average molecular weight is 304 g/mol. The third kappa shape index (κ3) is 12.3. The molecule has 0 aliphatic carbocycles. The van der Waals surface area contributed by atoms with Crippen LogP contribution in [0.1, 0.15) is 66.2 Å². The van der Waals surface area contributed by atoms with Gasteiger partial charge in [0.2, 0.25) is 0 Å². The second kappa shape index (κ2) is 13.3. The van der Waals surface area contributed by atoms with E-state index < -0.39 is 0 Å². The predicted octanol–water partition coefficient (Wildman–Crippen LogP) is 5.30. The number of allylic oxidation sites excluding steroid dienone is 7. The number of rotatable bonds is 11. The monoisotopic (exact) mass is 304 g/mol. The molecule has 1 N–H and O–H groups in total. The summed E-state index contributed by atoms with van der Waals surface area (Å²) >= 11 is 0. The van der Waals surface area contributed by atoms with Crippen LogP contribution >= 0.6 is 0 Å². The Kier molecular flexibility index (Phi) is 12.4. The first-order valence-corrected chi connectivity index (χ1v) is 8.19. The Labute approximate surface area is 136 Å². The molecule has 124 valence electrons. The number of hydrogen-bond acceptors (Lipinski definition) is 2. The summed E-state index contributed by atoms with van der Waals surface area (Å²) < 4.78 is 0. The Bertz CT molecular complexity index is 433. The summed E-state index contributed by atoms with van der Waals surface area (Å²) in [5.41, 5.74) is 4.80. The molecule has 0 amide bonds. The van der Waals surface area contributed by atoms with Crippen molar-refractivity contribution in [2.45, 2.75) is 66.2 Å². The minimum Gasteiger partial charge on any atom is -0.392 e. The van der Waals surface area contributed by atoms with Crippen molar-refractivity contribution in [2.24, 2.45) is 0 Å². The maximum atomic E-state index is 11.1. The fraction of sp³-hybridized carbons (Fsp3) is 0.550. The Morgan fingerprint density at radius 2 is 1.32 bits per heavy atom. The van der Waals surface area contributed by atoms with Crippen molar-refractivity contribution in [3.63, 3.8) is 0 Å². The molecule has 0 unspecified atom stereocenters. The Morgan fingerprint density at radius 1 is 0.773 bits per heavy atom. The lowest BCUT2D eigenvalue weighted by molar-refractivity contribution is -0.105. The van der Waals surface area contributed by atoms with Gasteiger partial charge in [-0.1, -0.05) is 41.0 Å². The maximum absolute atomic E-state index is 11.1. The van der Waals surface area contributed by atoms with Crippen LogP contribution in [0.2, 0.25) is 0 Å². The van der Waals surface area contributed by atoms with E-state index in [4.69, 9.17) is 5.11 Å². The van der Waals surface area contributed by atoms with Crippen molar-refractivity contribution < 1.29 is 9.90 Å². The molecule has 0 saturated carbocycles. The predicted molar refractivity (Wildman–Crippen MR) is 95.9 cm³/mol. The molecule has 0 rings (SSSR count). The molecule has 0 aromatic carbocycles. The molecular weight excluding hydrogens is 272 g/mol. The Balaban J connectivity index is 4.15. The summed E-state index contributed by atoms with van der Waals surface area (Å²) in [6.45, 7) is 8.50. The van der Waals surface area contributed by atoms with Gasteiger partial charge in [0.25, 0.3) is 0 Å². The average Bonchev–Trinajstić information content (AvgIpc) is 2.45. The zero-order valence-electron chi connectivity index (χ0n) is 14.7. The van der Waals surface area contributed by atoms with Crippen LogP contribution in [-0.2, 0) is 4.79 Å². The number of aldehydes is 1. The van der Waals surface area contributed by atoms with Gasteiger partial charge in [-0.05, 0) is 71.8 Å². The molecule has 2 nitrogen and oxygen atoms in total. The van der Waals surface area contributed by atoms with Gasteiger partial charge in [0.1, 0.15) is 6.29 Å². The van der Waals surface area contributed by atoms with Gasteiger partial charge in [0, 0.05) is 0 Å². The highest BCUT2D eigenvalue weighted by atomic mass is 16.2. The van der Waals surface area contributed by atoms with Crippen molar-refractivity contribution >= 4 is 6.29 Å². The molecule has 0 saturated heterocycles. The number of carbonyl (C=O) groups excluding carboxylic acids is 1. The lowest BCUT2D eigenvalue weighted by Crippen LogP contribution is -1.87. The minimum atomic E-state index is 0.0902. The van der Waals surface area contributed by atoms with Crippen LogP contribution in [-0.4, -0.2) is 18.0 Å². The molecule has 0 radical (unpaired) electrons. The molecule has 0 aromatic rings. The smallest absolute Gasteiger partial charge is 0.145 e. The number of carbonyl (C=O) groups is 1. The SMILES string of the molecule is CC(C)=CCC/C(C)=C/CC/C(C=O)=C\CC/C(C)=C\CO. The minimum absolute atomic E-state index is 0.0902. The van der Waals surface area contributed by atoms with Crippen molar-refractivity contribution in [3.05, 3.63) is 46.6 Å². The summed E-state index contributed by atoms with van der Waals surface area (Å²) in [6, 6.07) is 0. The second-order valence-corrected chi connectivity index (χ2v) is 6.08. The highest BCUT2D eigenvalue weighted by Crippen LogP contribution is 2.12. The zero-order chi connectivity index (χ0) is 16.8. The molecule has 0 atom stereocenters. The van der Waals surface area contributed by atoms with E-state index in [1.165, 1.54) is 16.7 Å². The van der Waals surface area contributed by atoms with Crippen molar-refractivity contribution in [1.82, 2.24) is 0 Å². The van der Waals surface area contributed by atoms with Gasteiger partial charge in [-0.3, -0.25) is 4.79 Å². The molecule has 0 aliphatic heterocycles. The van der Waals surface area contributed by atoms with Crippen LogP contribution in [0.25, 0.3) is 0 Å². The van der Waals surface area contributed by atoms with Gasteiger partial charge < -0.3 is 5.11 Å². The fourth-order valence-electron chi connectivity index (χ4n) is 2.13. The van der Waals surface area contributed by atoms with E-state index in [9.17, 15) is 4.79 Å². The van der Waals surface area contributed by atoms with Gasteiger partial charge >= 0.3 is 0 Å². The zero-order valence-corrected chi connectivity index (χ0v) is 14.7. The normalized spacial score (nSPS) is 13.2. The Morgan fingerprint density at radius 3 is 1.86 bits per heavy atom. The van der Waals surface area contributed by atoms with E-state index >= 15 is 0 Å². The van der Waals surface area contributed by atoms with E-state index in [2.05, 4.69) is 32.9 Å². The lowest BCUT2D eigenvalue weighted by atomic mass is 10.0. The van der Waals surface area contributed by atoms with Gasteiger partial charge in [0.15, 0.2) is 0 Å². The third-order valence-electron chi connectivity index (χ3n) is 3.55. The first kappa shape index (κ1) is 20.6. The van der Waals surface area contributed by atoms with Crippen LogP contribution in [0, 0.1) is 0 Å². The summed E-state index contributed by atoms with van der Waals surface area (Å²) in [6.07, 6.45) is 15.0. The highest BCUT2D eigenvalue weighted by Gasteiger charge is 1.96. The van der Waals surface area contributed by atoms with Crippen LogP contribution < -0.4 is 0 Å². The molecular formula is C20H32O2. The second-order valence-electron chi connectivity index (χ2n) is 6.08. The van der Waals surface area contributed by atoms with E-state index in [0.29, 0.717) is 0 Å². The van der Waals surface area contributed by atoms with E-state index in [-0.39, 0.29) is 6.61 Å². The number of aliphatic hydroxyl groups excluding tert-OH is 1. The molecule has 0 aromatic heterocycles. The van der Waals surface area contributed by atoms with E-state index in [1.807, 2.05) is 19.1 Å². The largest absolute Gasteiger partial charge is 0.392 e. The first-order valence-electron chi connectivity index (χ1n) is 8.19. The van der Waals surface area contributed by atoms with E-state index in [0.717, 1.165) is 50.4 Å². The standard InChI is InChI=1S/C20H32O2/c1-17(2)8-5-9-18(3)10-6-12-20(16-22)13-7-11-19(4)14-15-21/h8,10,13-14,16,21H,5-7,9,11-12,15H2,1-4H3/b18-10+,19-14-,20-13+. The Hall–Kier alpha value is -1.41. The van der Waals surface area contributed by atoms with Crippen LogP contribution in [0.4, 0.5) is 0 Å². The van der Waals surface area contributed by atoms with Crippen molar-refractivity contribution in [2.75, 3.05) is 6.61 Å². The van der Waals surface area contributed by atoms with Crippen LogP contribution in [0.15, 0.2) is 46.6 Å². The van der Waals surface area contributed by atoms with Gasteiger partial charge in [-0.15, -0.1) is 0 Å². The highest BCUT2D eigenvalue weighted by molar-refractivity contribution is 5.73. The van der Waals surface area contributed by atoms with Gasteiger partial charge in [-0.2, -0.15) is 0 Å². The maximum Gasteiger partial charge on any atom is 0.145 e. The lowest BCUT2D eigenvalue weighted by Gasteiger charge is -2.01. The molecule has 0 aliphatic rings. The summed E-state index contributed by atoms with van der Waals surface area (Å²) in [5.74, 6) is 0. The molecule has 0 fully saturated rings. The quantitative estimate of drug-likeness (QED) is 0.319. The number of aliphatic hydroxyl groups is 1. The molecule has 22 heavy (non-hydrogen) atoms. The van der Waals surface area contributed by atoms with Crippen molar-refractivity contribution in [1.29, 1.82) is 0 Å². The molecule has 0 spiro atoms. The van der Waals surface area contributed by atoms with Crippen LogP contribution in [0.5, 0.6) is 0 Å². The first-order chi connectivity index (χ1) is 10.5. The summed E-state index contributed by atoms with van der Waals surface area (Å²) in [5, 5.41) is 8.79. The third-order valence-corrected chi connectivity index (χ3v) is 3.55. The van der Waals surface area contributed by atoms with Crippen LogP contribution in [0.3, 0.4) is 0 Å². The number of hydrogen-bond donors (Lipinski definition) is 1. The molecule has 0 heterocycles. The van der Waals surface area contributed by atoms with Gasteiger partial charge in [0.05, 0.1) is 6.61 Å². The van der Waals surface area contributed by atoms with E-state index in [1.54, 1.807) is 0 Å². The fourth-order valence-corrected chi connectivity index (χ4v) is 2.13. The molecule has 0 bridgehead atoms. The summed E-state index contributed by atoms with van der Waals surface area (Å²) in [7, 11) is 0. The summed E-state index contributed by atoms with van der Waals surface area (Å²) in [4.78, 5) is 11.1. The topological polar surface area (TPSA) is 37.3 Å².